The maximum absolute atomic E-state index is 13.7. The maximum Gasteiger partial charge on any atom is 0.337 e. The van der Waals surface area contributed by atoms with E-state index < -0.39 is 11.6 Å². The molecule has 1 aromatic carbocycles. The maximum atomic E-state index is 13.7. The Kier molecular flexibility index (Phi) is 8.17. The van der Waals surface area contributed by atoms with E-state index in [-0.39, 0.29) is 53.2 Å². The predicted octanol–water partition coefficient (Wildman–Crippen LogP) is 4.93. The molecular formula is C33H30N4NaO6. The molecule has 0 unspecified atom stereocenters. The van der Waals surface area contributed by atoms with Crippen molar-refractivity contribution in [1.29, 1.82) is 0 Å². The van der Waals surface area contributed by atoms with Gasteiger partial charge in [-0.05, 0) is 49.6 Å². The van der Waals surface area contributed by atoms with Gasteiger partial charge in [-0.2, -0.15) is 0 Å². The number of carbonyl (C=O) groups excluding carboxylic acids is 2. The van der Waals surface area contributed by atoms with E-state index in [9.17, 15) is 19.5 Å². The van der Waals surface area contributed by atoms with Crippen molar-refractivity contribution in [1.82, 2.24) is 19.9 Å². The molecule has 0 atom stereocenters. The molecular weight excluding hydrogens is 571 g/mol. The van der Waals surface area contributed by atoms with E-state index in [1.54, 1.807) is 41.6 Å². The number of aromatic carboxylic acids is 1. The fourth-order valence-electron chi connectivity index (χ4n) is 6.13. The largest absolute Gasteiger partial charge is 0.493 e. The van der Waals surface area contributed by atoms with Gasteiger partial charge in [0.1, 0.15) is 22.8 Å². The molecule has 11 heteroatoms. The van der Waals surface area contributed by atoms with Crippen LogP contribution in [0.25, 0.3) is 22.0 Å². The number of amides is 1. The first-order valence-electron chi connectivity index (χ1n) is 14.6. The number of ether oxygens (including phenoxy) is 2. The summed E-state index contributed by atoms with van der Waals surface area (Å²) in [7, 11) is 0. The number of ketones is 1. The summed E-state index contributed by atoms with van der Waals surface area (Å²) >= 11 is 0. The van der Waals surface area contributed by atoms with Crippen LogP contribution in [0.2, 0.25) is 0 Å². The first-order valence-corrected chi connectivity index (χ1v) is 14.6. The third-order valence-electron chi connectivity index (χ3n) is 8.57. The molecule has 1 amide bonds. The van der Waals surface area contributed by atoms with Crippen LogP contribution < -0.4 is 9.47 Å². The zero-order valence-electron chi connectivity index (χ0n) is 24.7. The van der Waals surface area contributed by atoms with Crippen LogP contribution in [0.3, 0.4) is 0 Å². The molecule has 3 aliphatic rings. The molecule has 2 fully saturated rings. The van der Waals surface area contributed by atoms with E-state index in [2.05, 4.69) is 9.97 Å². The van der Waals surface area contributed by atoms with Gasteiger partial charge in [-0.3, -0.25) is 19.6 Å². The number of pyridine rings is 3. The summed E-state index contributed by atoms with van der Waals surface area (Å²) in [5.41, 5.74) is 3.14. The molecule has 1 saturated heterocycles. The SMILES string of the molecule is CCOc1cc(C(=O)N2CCC3(CC2)CC(=O)c2cc(-c4cncc(C(=O)O)c4)ccc2O3)nc2c(C3CC3)nccc12.[Na]. The zero-order valence-corrected chi connectivity index (χ0v) is 26.7. The van der Waals surface area contributed by atoms with Gasteiger partial charge in [0.15, 0.2) is 5.78 Å². The van der Waals surface area contributed by atoms with Crippen molar-refractivity contribution in [3.05, 3.63) is 77.5 Å². The van der Waals surface area contributed by atoms with Crippen molar-refractivity contribution >= 4 is 58.1 Å². The van der Waals surface area contributed by atoms with Gasteiger partial charge >= 0.3 is 5.97 Å². The Hall–Kier alpha value is -3.86. The van der Waals surface area contributed by atoms with Gasteiger partial charge in [-0.1, -0.05) is 6.07 Å². The second kappa shape index (κ2) is 11.9. The number of piperidine rings is 1. The smallest absolute Gasteiger partial charge is 0.337 e. The number of benzene rings is 1. The Morgan fingerprint density at radius 2 is 1.89 bits per heavy atom. The van der Waals surface area contributed by atoms with Gasteiger partial charge in [0.25, 0.3) is 5.91 Å². The van der Waals surface area contributed by atoms with Crippen LogP contribution in [-0.4, -0.2) is 97.5 Å². The normalized spacial score (nSPS) is 17.0. The van der Waals surface area contributed by atoms with Gasteiger partial charge in [-0.25, -0.2) is 9.78 Å². The summed E-state index contributed by atoms with van der Waals surface area (Å²) in [6, 6.07) is 10.4. The topological polar surface area (TPSA) is 132 Å². The number of fused-ring (bicyclic) bond motifs is 2. The molecule has 4 aromatic rings. The van der Waals surface area contributed by atoms with Crippen LogP contribution >= 0.6 is 0 Å². The Balaban J connectivity index is 0.00000343. The summed E-state index contributed by atoms with van der Waals surface area (Å²) in [6.45, 7) is 3.25. The molecule has 5 heterocycles. The van der Waals surface area contributed by atoms with Crippen molar-refractivity contribution in [2.45, 2.75) is 50.5 Å². The quantitative estimate of drug-likeness (QED) is 0.306. The van der Waals surface area contributed by atoms with E-state index in [1.165, 1.54) is 12.3 Å². The van der Waals surface area contributed by atoms with Crippen molar-refractivity contribution < 1.29 is 29.0 Å². The van der Waals surface area contributed by atoms with E-state index in [1.807, 2.05) is 13.0 Å². The van der Waals surface area contributed by atoms with Gasteiger partial charge in [0, 0.05) is 97.0 Å². The Morgan fingerprint density at radius 3 is 2.61 bits per heavy atom. The summed E-state index contributed by atoms with van der Waals surface area (Å²) in [5.74, 6) is 0.230. The van der Waals surface area contributed by atoms with Crippen molar-refractivity contribution in [3.8, 4) is 22.6 Å². The molecule has 1 spiro atoms. The summed E-state index contributed by atoms with van der Waals surface area (Å²) in [6.07, 6.45) is 8.01. The van der Waals surface area contributed by atoms with E-state index in [0.717, 1.165) is 29.4 Å². The number of carboxylic acid groups (broad SMARTS) is 1. The van der Waals surface area contributed by atoms with Crippen LogP contribution in [0, 0.1) is 0 Å². The Morgan fingerprint density at radius 1 is 1.09 bits per heavy atom. The number of Topliss-reactive ketones (excluding diaryl/α,β-unsaturated/α-hetero) is 1. The van der Waals surface area contributed by atoms with Gasteiger partial charge in [-0.15, -0.1) is 0 Å². The van der Waals surface area contributed by atoms with Crippen LogP contribution in [0.4, 0.5) is 0 Å². The van der Waals surface area contributed by atoms with Crippen LogP contribution in [0.5, 0.6) is 11.5 Å². The number of likely N-dealkylation sites (tertiary alicyclic amines) is 1. The van der Waals surface area contributed by atoms with Crippen LogP contribution in [-0.2, 0) is 0 Å². The summed E-state index contributed by atoms with van der Waals surface area (Å²) in [5, 5.41) is 10.2. The first kappa shape index (κ1) is 30.2. The average molecular weight is 602 g/mol. The van der Waals surface area contributed by atoms with Crippen molar-refractivity contribution in [2.24, 2.45) is 0 Å². The monoisotopic (exact) mass is 601 g/mol. The molecule has 44 heavy (non-hydrogen) atoms. The molecule has 10 nitrogen and oxygen atoms in total. The number of carbonyl (C=O) groups is 3. The van der Waals surface area contributed by atoms with E-state index >= 15 is 0 Å². The molecule has 0 bridgehead atoms. The number of aromatic nitrogens is 3. The molecule has 3 aromatic heterocycles. The zero-order chi connectivity index (χ0) is 29.7. The van der Waals surface area contributed by atoms with Gasteiger partial charge in [0.2, 0.25) is 0 Å². The minimum atomic E-state index is -1.07. The molecule has 1 aliphatic carbocycles. The Bertz CT molecular complexity index is 1800. The second-order valence-electron chi connectivity index (χ2n) is 11.5. The number of rotatable bonds is 6. The molecule has 7 rings (SSSR count). The Labute approximate surface area is 276 Å². The molecule has 1 radical (unpaired) electrons. The molecule has 2 aliphatic heterocycles. The van der Waals surface area contributed by atoms with Crippen molar-refractivity contribution in [2.75, 3.05) is 19.7 Å². The predicted molar refractivity (Wildman–Crippen MR) is 163 cm³/mol. The average Bonchev–Trinajstić information content (AvgIpc) is 3.86. The number of hydrogen-bond donors (Lipinski definition) is 1. The standard InChI is InChI=1S/C33H30N4O6.Na/c1-2-42-28-15-25(36-30-23(28)7-10-35-29(30)19-3-4-19)31(39)37-11-8-33(9-12-37)16-26(38)24-14-20(5-6-27(24)43-33)21-13-22(32(40)41)18-34-17-21;/h5-7,10,13-15,17-19H,2-4,8-9,11-12,16H2,1H3,(H,40,41);. The summed E-state index contributed by atoms with van der Waals surface area (Å²) < 4.78 is 12.4. The number of nitrogens with zero attached hydrogens (tertiary/aromatic N) is 4. The van der Waals surface area contributed by atoms with E-state index in [0.29, 0.717) is 72.3 Å². The van der Waals surface area contributed by atoms with Gasteiger partial charge in [0.05, 0.1) is 35.4 Å². The third-order valence-corrected chi connectivity index (χ3v) is 8.57. The fraction of sp³-hybridized carbons (Fsp3) is 0.333. The van der Waals surface area contributed by atoms with Crippen LogP contribution in [0.15, 0.2) is 55.0 Å². The summed E-state index contributed by atoms with van der Waals surface area (Å²) in [4.78, 5) is 53.6. The number of carboxylic acids is 1. The number of hydrogen-bond acceptors (Lipinski definition) is 8. The van der Waals surface area contributed by atoms with Crippen molar-refractivity contribution in [3.63, 3.8) is 0 Å². The van der Waals surface area contributed by atoms with Gasteiger partial charge < -0.3 is 19.5 Å². The van der Waals surface area contributed by atoms with E-state index in [4.69, 9.17) is 14.5 Å². The molecule has 1 N–H and O–H groups in total. The fourth-order valence-corrected chi connectivity index (χ4v) is 6.13. The first-order chi connectivity index (χ1) is 20.8. The minimum Gasteiger partial charge on any atom is -0.493 e. The van der Waals surface area contributed by atoms with Crippen LogP contribution in [0.1, 0.15) is 81.8 Å². The third kappa shape index (κ3) is 5.58. The molecule has 219 valence electrons. The minimum absolute atomic E-state index is 0. The molecule has 1 saturated carbocycles. The second-order valence-corrected chi connectivity index (χ2v) is 11.5.